The lowest BCUT2D eigenvalue weighted by Crippen LogP contribution is -2.17. The number of ether oxygens (including phenoxy) is 1. The molecule has 0 saturated carbocycles. The molecule has 0 atom stereocenters. The highest BCUT2D eigenvalue weighted by Crippen LogP contribution is 2.34. The Hall–Kier alpha value is -2.30. The summed E-state index contributed by atoms with van der Waals surface area (Å²) in [6, 6.07) is 9.66. The maximum absolute atomic E-state index is 14.6. The van der Waals surface area contributed by atoms with Gasteiger partial charge in [0.05, 0.1) is 0 Å². The van der Waals surface area contributed by atoms with Gasteiger partial charge in [0, 0.05) is 5.56 Å². The number of aryl methyl sites for hydroxylation is 2. The van der Waals surface area contributed by atoms with E-state index in [1.807, 2.05) is 18.2 Å². The molecule has 0 aromatic heterocycles. The Morgan fingerprint density at radius 3 is 2.52 bits per heavy atom. The van der Waals surface area contributed by atoms with Crippen LogP contribution in [0.25, 0.3) is 11.6 Å². The van der Waals surface area contributed by atoms with E-state index < -0.39 is 6.36 Å². The first-order chi connectivity index (χ1) is 12.9. The van der Waals surface area contributed by atoms with Crippen molar-refractivity contribution < 1.29 is 22.3 Å². The second-order valence-corrected chi connectivity index (χ2v) is 6.85. The minimum Gasteiger partial charge on any atom is -0.406 e. The van der Waals surface area contributed by atoms with Gasteiger partial charge in [-0.25, -0.2) is 4.39 Å². The van der Waals surface area contributed by atoms with E-state index in [4.69, 9.17) is 0 Å². The molecule has 1 nitrogen and oxygen atoms in total. The van der Waals surface area contributed by atoms with Crippen molar-refractivity contribution in [1.82, 2.24) is 0 Å². The van der Waals surface area contributed by atoms with Crippen molar-refractivity contribution in [3.8, 4) is 5.75 Å². The molecule has 0 spiro atoms. The zero-order valence-corrected chi connectivity index (χ0v) is 15.2. The quantitative estimate of drug-likeness (QED) is 0.391. The van der Waals surface area contributed by atoms with Crippen molar-refractivity contribution in [3.63, 3.8) is 0 Å². The molecular formula is C22H22F4O. The summed E-state index contributed by atoms with van der Waals surface area (Å²) in [5.41, 5.74) is 4.00. The molecule has 3 rings (SSSR count). The van der Waals surface area contributed by atoms with E-state index in [-0.39, 0.29) is 11.6 Å². The van der Waals surface area contributed by atoms with Crippen LogP contribution in [0.3, 0.4) is 0 Å². The van der Waals surface area contributed by atoms with E-state index >= 15 is 0 Å². The third-order valence-corrected chi connectivity index (χ3v) is 4.79. The number of hydrogen-bond acceptors (Lipinski definition) is 1. The maximum Gasteiger partial charge on any atom is 0.573 e. The van der Waals surface area contributed by atoms with Crippen molar-refractivity contribution >= 4 is 11.6 Å². The lowest BCUT2D eigenvalue weighted by molar-refractivity contribution is -0.274. The molecule has 0 fully saturated rings. The Labute approximate surface area is 156 Å². The van der Waals surface area contributed by atoms with Crippen LogP contribution in [-0.2, 0) is 12.8 Å². The van der Waals surface area contributed by atoms with Crippen LogP contribution in [0.5, 0.6) is 5.75 Å². The lowest BCUT2D eigenvalue weighted by Gasteiger charge is -2.19. The Balaban J connectivity index is 1.79. The molecule has 27 heavy (non-hydrogen) atoms. The van der Waals surface area contributed by atoms with Gasteiger partial charge in [-0.1, -0.05) is 44.0 Å². The standard InChI is InChI=1S/C22H22F4O/c1-2-3-4-5-15-6-11-20(21(23)12-15)18-8-7-17-14-19(27-22(24,25)26)10-9-16(17)13-18/h6,9-14H,2-5,7-8H2,1H3. The van der Waals surface area contributed by atoms with Gasteiger partial charge in [-0.05, 0) is 66.1 Å². The molecule has 0 heterocycles. The number of unbranched alkanes of at least 4 members (excludes halogenated alkanes) is 2. The summed E-state index contributed by atoms with van der Waals surface area (Å²) in [4.78, 5) is 0. The summed E-state index contributed by atoms with van der Waals surface area (Å²) < 4.78 is 55.6. The van der Waals surface area contributed by atoms with E-state index in [0.29, 0.717) is 18.4 Å². The average molecular weight is 378 g/mol. The fraction of sp³-hybridized carbons (Fsp3) is 0.364. The van der Waals surface area contributed by atoms with E-state index in [1.54, 1.807) is 12.1 Å². The fourth-order valence-electron chi connectivity index (χ4n) is 3.43. The summed E-state index contributed by atoms with van der Waals surface area (Å²) >= 11 is 0. The van der Waals surface area contributed by atoms with Gasteiger partial charge in [-0.2, -0.15) is 0 Å². The van der Waals surface area contributed by atoms with E-state index in [0.717, 1.165) is 47.9 Å². The summed E-state index contributed by atoms with van der Waals surface area (Å²) in [6.45, 7) is 2.13. The van der Waals surface area contributed by atoms with Crippen LogP contribution in [0, 0.1) is 5.82 Å². The van der Waals surface area contributed by atoms with Gasteiger partial charge in [0.25, 0.3) is 0 Å². The molecule has 0 unspecified atom stereocenters. The van der Waals surface area contributed by atoms with Gasteiger partial charge in [0.2, 0.25) is 0 Å². The zero-order chi connectivity index (χ0) is 19.4. The predicted molar refractivity (Wildman–Crippen MR) is 98.9 cm³/mol. The predicted octanol–water partition coefficient (Wildman–Crippen LogP) is 6.94. The highest BCUT2D eigenvalue weighted by Gasteiger charge is 2.31. The van der Waals surface area contributed by atoms with Gasteiger partial charge in [-0.3, -0.25) is 0 Å². The third-order valence-electron chi connectivity index (χ3n) is 4.79. The Kier molecular flexibility index (Phi) is 5.88. The van der Waals surface area contributed by atoms with Gasteiger partial charge in [0.1, 0.15) is 11.6 Å². The highest BCUT2D eigenvalue weighted by atomic mass is 19.4. The summed E-state index contributed by atoms with van der Waals surface area (Å²) in [7, 11) is 0. The van der Waals surface area contributed by atoms with Gasteiger partial charge in [-0.15, -0.1) is 13.2 Å². The average Bonchev–Trinajstić information content (AvgIpc) is 2.60. The van der Waals surface area contributed by atoms with Crippen molar-refractivity contribution in [3.05, 3.63) is 64.5 Å². The first-order valence-corrected chi connectivity index (χ1v) is 9.24. The normalized spacial score (nSPS) is 13.9. The van der Waals surface area contributed by atoms with Gasteiger partial charge >= 0.3 is 6.36 Å². The fourth-order valence-corrected chi connectivity index (χ4v) is 3.43. The van der Waals surface area contributed by atoms with Crippen LogP contribution in [0.2, 0.25) is 0 Å². The lowest BCUT2D eigenvalue weighted by atomic mass is 9.88. The van der Waals surface area contributed by atoms with E-state index in [2.05, 4.69) is 11.7 Å². The summed E-state index contributed by atoms with van der Waals surface area (Å²) in [5, 5.41) is 0. The monoisotopic (exact) mass is 378 g/mol. The number of rotatable bonds is 6. The Bertz CT molecular complexity index is 837. The topological polar surface area (TPSA) is 9.23 Å². The van der Waals surface area contributed by atoms with Crippen LogP contribution in [0.4, 0.5) is 17.6 Å². The molecule has 5 heteroatoms. The zero-order valence-electron chi connectivity index (χ0n) is 15.2. The minimum atomic E-state index is -4.70. The van der Waals surface area contributed by atoms with Crippen LogP contribution < -0.4 is 4.74 Å². The number of halogens is 4. The second kappa shape index (κ2) is 8.15. The summed E-state index contributed by atoms with van der Waals surface area (Å²) in [5.74, 6) is -0.462. The molecule has 0 radical (unpaired) electrons. The number of allylic oxidation sites excluding steroid dienone is 1. The van der Waals surface area contributed by atoms with Crippen molar-refractivity contribution in [2.24, 2.45) is 0 Å². The summed E-state index contributed by atoms with van der Waals surface area (Å²) in [6.07, 6.45) is 2.45. The van der Waals surface area contributed by atoms with Crippen molar-refractivity contribution in [1.29, 1.82) is 0 Å². The van der Waals surface area contributed by atoms with Crippen molar-refractivity contribution in [2.75, 3.05) is 0 Å². The van der Waals surface area contributed by atoms with Crippen molar-refractivity contribution in [2.45, 2.75) is 51.8 Å². The maximum atomic E-state index is 14.6. The molecular weight excluding hydrogens is 356 g/mol. The highest BCUT2D eigenvalue weighted by molar-refractivity contribution is 5.84. The molecule has 1 aliphatic carbocycles. The van der Waals surface area contributed by atoms with Crippen LogP contribution in [0.15, 0.2) is 36.4 Å². The number of benzene rings is 2. The first-order valence-electron chi connectivity index (χ1n) is 9.24. The molecule has 0 N–H and O–H groups in total. The molecule has 0 bridgehead atoms. The molecule has 0 aliphatic heterocycles. The second-order valence-electron chi connectivity index (χ2n) is 6.85. The Morgan fingerprint density at radius 1 is 1.00 bits per heavy atom. The smallest absolute Gasteiger partial charge is 0.406 e. The molecule has 2 aromatic rings. The molecule has 144 valence electrons. The largest absolute Gasteiger partial charge is 0.573 e. The third kappa shape index (κ3) is 5.12. The molecule has 1 aliphatic rings. The number of hydrogen-bond donors (Lipinski definition) is 0. The van der Waals surface area contributed by atoms with Gasteiger partial charge in [0.15, 0.2) is 0 Å². The first kappa shape index (κ1) is 19.5. The van der Waals surface area contributed by atoms with E-state index in [1.165, 1.54) is 12.1 Å². The molecule has 0 saturated heterocycles. The van der Waals surface area contributed by atoms with Crippen LogP contribution in [-0.4, -0.2) is 6.36 Å². The van der Waals surface area contributed by atoms with E-state index in [9.17, 15) is 17.6 Å². The van der Waals surface area contributed by atoms with Gasteiger partial charge < -0.3 is 4.74 Å². The Morgan fingerprint density at radius 2 is 1.81 bits per heavy atom. The minimum absolute atomic E-state index is 0.222. The SMILES string of the molecule is CCCCCc1ccc(C2=Cc3ccc(OC(F)(F)F)cc3CC2)c(F)c1. The van der Waals surface area contributed by atoms with Crippen LogP contribution in [0.1, 0.15) is 54.9 Å². The van der Waals surface area contributed by atoms with Crippen LogP contribution >= 0.6 is 0 Å². The molecule has 2 aromatic carbocycles. The number of fused-ring (bicyclic) bond motifs is 1. The molecule has 0 amide bonds. The number of alkyl halides is 3.